The minimum absolute atomic E-state index is 0.00122. The molecule has 0 bridgehead atoms. The van der Waals surface area contributed by atoms with Gasteiger partial charge in [-0.15, -0.1) is 0 Å². The standard InChI is InChI=1S/C28H33FO6/c1-27(2)15-14-17-20(35-27)12-10-18(23(17)32-6)25(34-26(30)16-8-9-16)28(3,4)19-11-13-21(31-5)24(33-7)22(19)29/h10-16,25H,8-9H2,1-7H3. The van der Waals surface area contributed by atoms with Crippen molar-refractivity contribution in [3.8, 4) is 23.0 Å². The molecular weight excluding hydrogens is 451 g/mol. The summed E-state index contributed by atoms with van der Waals surface area (Å²) in [4.78, 5) is 12.9. The van der Waals surface area contributed by atoms with Crippen LogP contribution in [0.1, 0.15) is 63.3 Å². The van der Waals surface area contributed by atoms with E-state index in [4.69, 9.17) is 23.7 Å². The number of halogens is 1. The molecule has 2 aromatic rings. The van der Waals surface area contributed by atoms with Crippen LogP contribution in [-0.2, 0) is 14.9 Å². The van der Waals surface area contributed by atoms with Crippen molar-refractivity contribution in [3.05, 3.63) is 52.8 Å². The average Bonchev–Trinajstić information content (AvgIpc) is 3.66. The van der Waals surface area contributed by atoms with Gasteiger partial charge in [-0.25, -0.2) is 4.39 Å². The summed E-state index contributed by atoms with van der Waals surface area (Å²) in [7, 11) is 4.41. The van der Waals surface area contributed by atoms with Gasteiger partial charge in [0.15, 0.2) is 17.3 Å². The quantitative estimate of drug-likeness (QED) is 0.428. The van der Waals surface area contributed by atoms with Crippen LogP contribution in [-0.4, -0.2) is 32.9 Å². The number of esters is 1. The van der Waals surface area contributed by atoms with Gasteiger partial charge >= 0.3 is 5.97 Å². The topological polar surface area (TPSA) is 63.2 Å². The van der Waals surface area contributed by atoms with Crippen molar-refractivity contribution in [1.29, 1.82) is 0 Å². The van der Waals surface area contributed by atoms with E-state index in [0.29, 0.717) is 22.6 Å². The lowest BCUT2D eigenvalue weighted by molar-refractivity contribution is -0.154. The summed E-state index contributed by atoms with van der Waals surface area (Å²) in [6.45, 7) is 7.62. The molecule has 4 rings (SSSR count). The molecule has 188 valence electrons. The Morgan fingerprint density at radius 3 is 2.34 bits per heavy atom. The lowest BCUT2D eigenvalue weighted by atomic mass is 9.75. The third-order valence-corrected chi connectivity index (χ3v) is 6.68. The Balaban J connectivity index is 1.87. The van der Waals surface area contributed by atoms with Gasteiger partial charge in [-0.05, 0) is 57.0 Å². The van der Waals surface area contributed by atoms with Crippen LogP contribution in [0.15, 0.2) is 30.3 Å². The Labute approximate surface area is 206 Å². The van der Waals surface area contributed by atoms with Gasteiger partial charge in [-0.1, -0.05) is 19.9 Å². The predicted octanol–water partition coefficient (Wildman–Crippen LogP) is 6.01. The van der Waals surface area contributed by atoms with Gasteiger partial charge in [0.2, 0.25) is 0 Å². The molecular formula is C28H33FO6. The molecule has 7 heteroatoms. The molecule has 0 N–H and O–H groups in total. The average molecular weight is 485 g/mol. The Morgan fingerprint density at radius 2 is 1.74 bits per heavy atom. The molecule has 6 nitrogen and oxygen atoms in total. The van der Waals surface area contributed by atoms with E-state index >= 15 is 4.39 Å². The Morgan fingerprint density at radius 1 is 1.06 bits per heavy atom. The molecule has 1 atom stereocenters. The highest BCUT2D eigenvalue weighted by atomic mass is 19.1. The van der Waals surface area contributed by atoms with E-state index in [1.54, 1.807) is 19.2 Å². The highest BCUT2D eigenvalue weighted by molar-refractivity contribution is 5.76. The first kappa shape index (κ1) is 24.9. The molecule has 2 aromatic carbocycles. The maximum absolute atomic E-state index is 15.7. The molecule has 0 spiro atoms. The summed E-state index contributed by atoms with van der Waals surface area (Å²) in [6, 6.07) is 6.97. The van der Waals surface area contributed by atoms with E-state index in [9.17, 15) is 4.79 Å². The van der Waals surface area contributed by atoms with Crippen molar-refractivity contribution in [2.45, 2.75) is 57.7 Å². The van der Waals surface area contributed by atoms with E-state index in [-0.39, 0.29) is 23.4 Å². The van der Waals surface area contributed by atoms with Crippen LogP contribution in [0.25, 0.3) is 6.08 Å². The molecule has 1 aliphatic heterocycles. The highest BCUT2D eigenvalue weighted by Crippen LogP contribution is 2.50. The van der Waals surface area contributed by atoms with Crippen LogP contribution in [0.3, 0.4) is 0 Å². The lowest BCUT2D eigenvalue weighted by Crippen LogP contribution is -2.33. The Kier molecular flexibility index (Phi) is 6.47. The maximum Gasteiger partial charge on any atom is 0.309 e. The fraction of sp³-hybridized carbons (Fsp3) is 0.464. The Bertz CT molecular complexity index is 1160. The highest BCUT2D eigenvalue weighted by Gasteiger charge is 2.43. The van der Waals surface area contributed by atoms with Crippen LogP contribution in [0.2, 0.25) is 0 Å². The largest absolute Gasteiger partial charge is 0.496 e. The molecule has 1 heterocycles. The fourth-order valence-corrected chi connectivity index (χ4v) is 4.54. The Hall–Kier alpha value is -3.22. The zero-order valence-electron chi connectivity index (χ0n) is 21.4. The van der Waals surface area contributed by atoms with Gasteiger partial charge in [0, 0.05) is 16.5 Å². The first-order chi connectivity index (χ1) is 16.5. The summed E-state index contributed by atoms with van der Waals surface area (Å²) in [6.07, 6.45) is 4.65. The number of ether oxygens (including phenoxy) is 5. The van der Waals surface area contributed by atoms with Gasteiger partial charge in [-0.3, -0.25) is 4.79 Å². The molecule has 35 heavy (non-hydrogen) atoms. The third-order valence-electron chi connectivity index (χ3n) is 6.68. The van der Waals surface area contributed by atoms with Gasteiger partial charge in [0.05, 0.1) is 32.8 Å². The molecule has 2 aliphatic rings. The van der Waals surface area contributed by atoms with Crippen LogP contribution in [0.4, 0.5) is 4.39 Å². The van der Waals surface area contributed by atoms with E-state index in [2.05, 4.69) is 0 Å². The number of benzene rings is 2. The third kappa shape index (κ3) is 4.56. The summed E-state index contributed by atoms with van der Waals surface area (Å²) in [5, 5.41) is 0. The molecule has 1 fully saturated rings. The molecule has 1 unspecified atom stereocenters. The van der Waals surface area contributed by atoms with Gasteiger partial charge < -0.3 is 23.7 Å². The van der Waals surface area contributed by atoms with Crippen molar-refractivity contribution in [2.24, 2.45) is 5.92 Å². The minimum Gasteiger partial charge on any atom is -0.496 e. The summed E-state index contributed by atoms with van der Waals surface area (Å²) < 4.78 is 44.3. The van der Waals surface area contributed by atoms with Gasteiger partial charge in [0.25, 0.3) is 0 Å². The molecule has 0 radical (unpaired) electrons. The molecule has 0 amide bonds. The monoisotopic (exact) mass is 484 g/mol. The number of carbonyl (C=O) groups excluding carboxylic acids is 1. The number of hydrogen-bond donors (Lipinski definition) is 0. The zero-order valence-corrected chi connectivity index (χ0v) is 21.4. The second-order valence-corrected chi connectivity index (χ2v) is 10.1. The van der Waals surface area contributed by atoms with E-state index < -0.39 is 22.9 Å². The number of carbonyl (C=O) groups is 1. The number of hydrogen-bond acceptors (Lipinski definition) is 6. The zero-order chi connectivity index (χ0) is 25.5. The van der Waals surface area contributed by atoms with E-state index in [1.807, 2.05) is 52.0 Å². The second kappa shape index (κ2) is 9.10. The van der Waals surface area contributed by atoms with Crippen LogP contribution in [0.5, 0.6) is 23.0 Å². The SMILES string of the molecule is COc1ccc(C(C)(C)C(OC(=O)C2CC2)c2ccc3c(c2OC)C=CC(C)(C)O3)c(F)c1OC. The second-order valence-electron chi connectivity index (χ2n) is 10.1. The van der Waals surface area contributed by atoms with E-state index in [0.717, 1.165) is 18.4 Å². The van der Waals surface area contributed by atoms with Crippen molar-refractivity contribution in [2.75, 3.05) is 21.3 Å². The summed E-state index contributed by atoms with van der Waals surface area (Å²) >= 11 is 0. The number of methoxy groups -OCH3 is 3. The first-order valence-electron chi connectivity index (χ1n) is 11.7. The van der Waals surface area contributed by atoms with Crippen molar-refractivity contribution in [1.82, 2.24) is 0 Å². The molecule has 1 saturated carbocycles. The smallest absolute Gasteiger partial charge is 0.309 e. The fourth-order valence-electron chi connectivity index (χ4n) is 4.54. The van der Waals surface area contributed by atoms with Crippen LogP contribution in [0, 0.1) is 11.7 Å². The van der Waals surface area contributed by atoms with E-state index in [1.165, 1.54) is 14.2 Å². The number of fused-ring (bicyclic) bond motifs is 1. The van der Waals surface area contributed by atoms with Crippen molar-refractivity contribution in [3.63, 3.8) is 0 Å². The van der Waals surface area contributed by atoms with Crippen molar-refractivity contribution >= 4 is 12.0 Å². The van der Waals surface area contributed by atoms with Crippen LogP contribution >= 0.6 is 0 Å². The molecule has 1 aliphatic carbocycles. The van der Waals surface area contributed by atoms with Gasteiger partial charge in [0.1, 0.15) is 23.2 Å². The molecule has 0 saturated heterocycles. The predicted molar refractivity (Wildman–Crippen MR) is 131 cm³/mol. The summed E-state index contributed by atoms with van der Waals surface area (Å²) in [5.74, 6) is 0.491. The normalized spacial score (nSPS) is 17.1. The number of rotatable bonds is 8. The summed E-state index contributed by atoms with van der Waals surface area (Å²) in [5.41, 5.74) is 0.261. The van der Waals surface area contributed by atoms with Crippen molar-refractivity contribution < 1.29 is 32.9 Å². The molecule has 0 aromatic heterocycles. The lowest BCUT2D eigenvalue weighted by Gasteiger charge is -2.37. The van der Waals surface area contributed by atoms with Crippen LogP contribution < -0.4 is 18.9 Å². The maximum atomic E-state index is 15.7. The minimum atomic E-state index is -0.992. The first-order valence-corrected chi connectivity index (χ1v) is 11.7. The van der Waals surface area contributed by atoms with Gasteiger partial charge in [-0.2, -0.15) is 0 Å².